The molecule has 0 aromatic heterocycles. The molecular weight excluding hydrogens is 206 g/mol. The van der Waals surface area contributed by atoms with Crippen LogP contribution in [-0.2, 0) is 9.59 Å². The van der Waals surface area contributed by atoms with Crippen molar-refractivity contribution in [2.24, 2.45) is 5.92 Å². The summed E-state index contributed by atoms with van der Waals surface area (Å²) in [6.07, 6.45) is 7.85. The van der Waals surface area contributed by atoms with Gasteiger partial charge in [-0.05, 0) is 19.3 Å². The van der Waals surface area contributed by atoms with Crippen molar-refractivity contribution < 1.29 is 14.7 Å². The van der Waals surface area contributed by atoms with Crippen molar-refractivity contribution in [2.75, 3.05) is 6.54 Å². The van der Waals surface area contributed by atoms with E-state index in [4.69, 9.17) is 5.11 Å². The maximum atomic E-state index is 11.8. The van der Waals surface area contributed by atoms with Gasteiger partial charge >= 0.3 is 5.97 Å². The Morgan fingerprint density at radius 1 is 1.31 bits per heavy atom. The largest absolute Gasteiger partial charge is 0.481 e. The summed E-state index contributed by atoms with van der Waals surface area (Å²) in [5, 5.41) is 8.90. The third-order valence-electron chi connectivity index (χ3n) is 3.39. The number of hydrogen-bond donors (Lipinski definition) is 1. The van der Waals surface area contributed by atoms with E-state index >= 15 is 0 Å². The molecule has 4 nitrogen and oxygen atoms in total. The molecule has 0 radical (unpaired) electrons. The summed E-state index contributed by atoms with van der Waals surface area (Å²) in [6, 6.07) is 0.00620. The molecule has 1 aliphatic carbocycles. The fraction of sp³-hybridized carbons (Fsp3) is 0.667. The van der Waals surface area contributed by atoms with Gasteiger partial charge in [-0.1, -0.05) is 18.6 Å². The van der Waals surface area contributed by atoms with Crippen LogP contribution in [0, 0.1) is 5.92 Å². The van der Waals surface area contributed by atoms with E-state index in [0.717, 1.165) is 25.8 Å². The van der Waals surface area contributed by atoms with E-state index in [1.165, 1.54) is 0 Å². The molecule has 2 unspecified atom stereocenters. The van der Waals surface area contributed by atoms with E-state index in [-0.39, 0.29) is 11.9 Å². The average Bonchev–Trinajstić information content (AvgIpc) is 2.63. The van der Waals surface area contributed by atoms with Gasteiger partial charge in [-0.25, -0.2) is 0 Å². The molecule has 2 aliphatic rings. The Balaban J connectivity index is 2.00. The van der Waals surface area contributed by atoms with Gasteiger partial charge in [-0.2, -0.15) is 0 Å². The minimum absolute atomic E-state index is 0.00620. The van der Waals surface area contributed by atoms with Crippen molar-refractivity contribution >= 4 is 11.9 Å². The van der Waals surface area contributed by atoms with E-state index in [1.54, 1.807) is 6.08 Å². The summed E-state index contributed by atoms with van der Waals surface area (Å²) in [5.41, 5.74) is 0. The van der Waals surface area contributed by atoms with E-state index in [1.807, 2.05) is 11.0 Å². The first-order valence-electron chi connectivity index (χ1n) is 5.89. The van der Waals surface area contributed by atoms with Crippen LogP contribution in [0.5, 0.6) is 0 Å². The number of hydrogen-bond acceptors (Lipinski definition) is 2. The zero-order chi connectivity index (χ0) is 11.5. The van der Waals surface area contributed by atoms with E-state index in [9.17, 15) is 9.59 Å². The number of nitrogens with zero attached hydrogens (tertiary/aromatic N) is 1. The van der Waals surface area contributed by atoms with Gasteiger partial charge in [0.15, 0.2) is 0 Å². The Hall–Kier alpha value is -1.32. The number of likely N-dealkylation sites (tertiary alicyclic amines) is 1. The lowest BCUT2D eigenvalue weighted by Crippen LogP contribution is -2.38. The second kappa shape index (κ2) is 4.68. The van der Waals surface area contributed by atoms with Gasteiger partial charge in [0.2, 0.25) is 5.91 Å². The molecule has 0 saturated carbocycles. The van der Waals surface area contributed by atoms with Crippen LogP contribution >= 0.6 is 0 Å². The van der Waals surface area contributed by atoms with Crippen molar-refractivity contribution in [3.63, 3.8) is 0 Å². The number of rotatable bonds is 2. The minimum Gasteiger partial charge on any atom is -0.481 e. The average molecular weight is 223 g/mol. The first-order valence-corrected chi connectivity index (χ1v) is 5.89. The van der Waals surface area contributed by atoms with Crippen LogP contribution in [0.4, 0.5) is 0 Å². The van der Waals surface area contributed by atoms with Gasteiger partial charge in [0.05, 0.1) is 12.0 Å². The Kier molecular flexibility index (Phi) is 3.27. The lowest BCUT2D eigenvalue weighted by Gasteiger charge is -2.26. The second-order valence-electron chi connectivity index (χ2n) is 4.53. The summed E-state index contributed by atoms with van der Waals surface area (Å²) in [7, 11) is 0. The molecule has 0 aromatic rings. The van der Waals surface area contributed by atoms with E-state index < -0.39 is 11.9 Å². The van der Waals surface area contributed by atoms with Crippen molar-refractivity contribution in [3.8, 4) is 0 Å². The highest BCUT2D eigenvalue weighted by atomic mass is 16.4. The molecule has 0 aromatic carbocycles. The molecular formula is C12H17NO3. The van der Waals surface area contributed by atoms with Crippen molar-refractivity contribution in [3.05, 3.63) is 12.2 Å². The summed E-state index contributed by atoms with van der Waals surface area (Å²) in [4.78, 5) is 24.5. The number of carbonyl (C=O) groups is 2. The normalized spacial score (nSPS) is 30.5. The van der Waals surface area contributed by atoms with Crippen LogP contribution < -0.4 is 0 Å². The molecule has 0 spiro atoms. The molecule has 1 amide bonds. The van der Waals surface area contributed by atoms with Gasteiger partial charge in [-0.15, -0.1) is 0 Å². The lowest BCUT2D eigenvalue weighted by molar-refractivity contribution is -0.141. The molecule has 0 bridgehead atoms. The number of aliphatic carboxylic acids is 1. The van der Waals surface area contributed by atoms with Gasteiger partial charge in [0.1, 0.15) is 0 Å². The van der Waals surface area contributed by atoms with Gasteiger partial charge in [0.25, 0.3) is 0 Å². The zero-order valence-corrected chi connectivity index (χ0v) is 9.26. The van der Waals surface area contributed by atoms with Crippen LogP contribution in [0.25, 0.3) is 0 Å². The monoisotopic (exact) mass is 223 g/mol. The van der Waals surface area contributed by atoms with Crippen LogP contribution in [-0.4, -0.2) is 34.5 Å². The first kappa shape index (κ1) is 11.2. The highest BCUT2D eigenvalue weighted by Gasteiger charge is 2.31. The molecule has 1 aliphatic heterocycles. The Bertz CT molecular complexity index is 324. The van der Waals surface area contributed by atoms with Crippen LogP contribution in [0.2, 0.25) is 0 Å². The molecule has 1 saturated heterocycles. The molecule has 16 heavy (non-hydrogen) atoms. The van der Waals surface area contributed by atoms with Gasteiger partial charge in [0, 0.05) is 13.0 Å². The highest BCUT2D eigenvalue weighted by molar-refractivity contribution is 5.78. The standard InChI is InChI=1S/C12H17NO3/c14-11-4-2-1-3-7-13(11)10-6-5-9(8-10)12(15)16/h5-6,9-10H,1-4,7-8H2,(H,15,16). The summed E-state index contributed by atoms with van der Waals surface area (Å²) in [5.74, 6) is -1.03. The molecule has 2 atom stereocenters. The maximum absolute atomic E-state index is 11.8. The molecule has 1 N–H and O–H groups in total. The molecule has 1 heterocycles. The van der Waals surface area contributed by atoms with E-state index in [2.05, 4.69) is 0 Å². The predicted octanol–water partition coefficient (Wildman–Crippen LogP) is 1.42. The Morgan fingerprint density at radius 2 is 2.12 bits per heavy atom. The quantitative estimate of drug-likeness (QED) is 0.720. The van der Waals surface area contributed by atoms with Crippen LogP contribution in [0.1, 0.15) is 32.1 Å². The number of carboxylic acids is 1. The summed E-state index contributed by atoms with van der Waals surface area (Å²) < 4.78 is 0. The summed E-state index contributed by atoms with van der Waals surface area (Å²) >= 11 is 0. The molecule has 2 rings (SSSR count). The van der Waals surface area contributed by atoms with Gasteiger partial charge < -0.3 is 10.0 Å². The first-order chi connectivity index (χ1) is 7.68. The Morgan fingerprint density at radius 3 is 2.81 bits per heavy atom. The van der Waals surface area contributed by atoms with Gasteiger partial charge in [-0.3, -0.25) is 9.59 Å². The SMILES string of the molecule is O=C(O)C1C=CC(N2CCCCCC2=O)C1. The van der Waals surface area contributed by atoms with Crippen molar-refractivity contribution in [1.82, 2.24) is 4.90 Å². The molecule has 1 fully saturated rings. The third kappa shape index (κ3) is 2.26. The number of carboxylic acid groups (broad SMARTS) is 1. The maximum Gasteiger partial charge on any atom is 0.310 e. The van der Waals surface area contributed by atoms with E-state index in [0.29, 0.717) is 12.8 Å². The number of amides is 1. The lowest BCUT2D eigenvalue weighted by atomic mass is 10.1. The second-order valence-corrected chi connectivity index (χ2v) is 4.53. The van der Waals surface area contributed by atoms with Crippen molar-refractivity contribution in [1.29, 1.82) is 0 Å². The van der Waals surface area contributed by atoms with Crippen LogP contribution in [0.15, 0.2) is 12.2 Å². The third-order valence-corrected chi connectivity index (χ3v) is 3.39. The summed E-state index contributed by atoms with van der Waals surface area (Å²) in [6.45, 7) is 0.778. The van der Waals surface area contributed by atoms with Crippen LogP contribution in [0.3, 0.4) is 0 Å². The van der Waals surface area contributed by atoms with Crippen molar-refractivity contribution in [2.45, 2.75) is 38.1 Å². The molecule has 4 heteroatoms. The smallest absolute Gasteiger partial charge is 0.310 e. The molecule has 88 valence electrons. The predicted molar refractivity (Wildman–Crippen MR) is 58.9 cm³/mol. The Labute approximate surface area is 94.9 Å². The fourth-order valence-corrected chi connectivity index (χ4v) is 2.45. The fourth-order valence-electron chi connectivity index (χ4n) is 2.45. The minimum atomic E-state index is -0.791. The zero-order valence-electron chi connectivity index (χ0n) is 9.26. The highest BCUT2D eigenvalue weighted by Crippen LogP contribution is 2.25. The topological polar surface area (TPSA) is 57.6 Å². The number of carbonyl (C=O) groups excluding carboxylic acids is 1.